The van der Waals surface area contributed by atoms with Crippen molar-refractivity contribution < 1.29 is 11.7 Å². The summed E-state index contributed by atoms with van der Waals surface area (Å²) in [4.78, 5) is -0.562. The Labute approximate surface area is 81.2 Å². The summed E-state index contributed by atoms with van der Waals surface area (Å²) in [5.74, 6) is 0. The van der Waals surface area contributed by atoms with Gasteiger partial charge in [0.15, 0.2) is 0 Å². The summed E-state index contributed by atoms with van der Waals surface area (Å²) >= 11 is 0. The zero-order chi connectivity index (χ0) is 11.1. The molecule has 1 aromatic rings. The third-order valence-electron chi connectivity index (χ3n) is 1.87. The first-order valence-corrected chi connectivity index (χ1v) is 7.03. The average Bonchev–Trinajstić information content (AvgIpc) is 2.01. The number of nitrogens with two attached hydrogens (primary N) is 1. The lowest BCUT2D eigenvalue weighted by atomic mass is 10.2. The van der Waals surface area contributed by atoms with Gasteiger partial charge >= 0.3 is 0 Å². The maximum atomic E-state index is 13.6. The second kappa shape index (κ2) is 2.46. The standard InChI is InChI=1S/C9H14F3NS/c1-14(2,10,11,12)9-5-3-4-8(6-9)7-13/h3-6H,7,13H2,1-2H3. The Morgan fingerprint density at radius 2 is 1.79 bits per heavy atom. The van der Waals surface area contributed by atoms with E-state index in [1.54, 1.807) is 6.07 Å². The van der Waals surface area contributed by atoms with Crippen molar-refractivity contribution in [2.24, 2.45) is 5.73 Å². The first kappa shape index (κ1) is 11.4. The molecule has 0 aromatic heterocycles. The van der Waals surface area contributed by atoms with Crippen molar-refractivity contribution in [1.82, 2.24) is 0 Å². The quantitative estimate of drug-likeness (QED) is 0.821. The van der Waals surface area contributed by atoms with Gasteiger partial charge in [-0.2, -0.15) is 0 Å². The van der Waals surface area contributed by atoms with Crippen LogP contribution in [-0.4, -0.2) is 12.5 Å². The Morgan fingerprint density at radius 3 is 2.21 bits per heavy atom. The van der Waals surface area contributed by atoms with E-state index in [1.165, 1.54) is 6.07 Å². The molecule has 2 N–H and O–H groups in total. The van der Waals surface area contributed by atoms with Crippen LogP contribution in [0, 0.1) is 0 Å². The number of rotatable bonds is 2. The van der Waals surface area contributed by atoms with Gasteiger partial charge in [0.2, 0.25) is 0 Å². The molecule has 0 aliphatic carbocycles. The van der Waals surface area contributed by atoms with Crippen LogP contribution in [0.3, 0.4) is 0 Å². The van der Waals surface area contributed by atoms with Crippen LogP contribution in [0.25, 0.3) is 0 Å². The topological polar surface area (TPSA) is 26.0 Å². The lowest BCUT2D eigenvalue weighted by Crippen LogP contribution is -2.16. The fraction of sp³-hybridized carbons (Fsp3) is 0.333. The summed E-state index contributed by atoms with van der Waals surface area (Å²) in [6, 6.07) is 5.21. The summed E-state index contributed by atoms with van der Waals surface area (Å²) in [5, 5.41) is 0. The molecule has 0 fully saturated rings. The lowest BCUT2D eigenvalue weighted by Gasteiger charge is -2.51. The van der Waals surface area contributed by atoms with Crippen LogP contribution in [0.1, 0.15) is 5.56 Å². The van der Waals surface area contributed by atoms with Crippen molar-refractivity contribution in [3.63, 3.8) is 0 Å². The van der Waals surface area contributed by atoms with Crippen LogP contribution in [0.4, 0.5) is 11.7 Å². The first-order chi connectivity index (χ1) is 6.03. The molecule has 0 saturated carbocycles. The minimum absolute atomic E-state index is 0.127. The molecule has 0 spiro atoms. The van der Waals surface area contributed by atoms with E-state index in [1.807, 2.05) is 0 Å². The normalized spacial score (nSPS) is 17.3. The summed E-state index contributed by atoms with van der Waals surface area (Å²) in [6.45, 7) is 0.127. The van der Waals surface area contributed by atoms with Crippen LogP contribution < -0.4 is 5.73 Å². The van der Waals surface area contributed by atoms with Crippen molar-refractivity contribution in [2.75, 3.05) is 12.5 Å². The van der Waals surface area contributed by atoms with Crippen LogP contribution in [0.15, 0.2) is 29.2 Å². The molecule has 1 rings (SSSR count). The predicted octanol–water partition coefficient (Wildman–Crippen LogP) is 3.29. The maximum absolute atomic E-state index is 13.6. The molecule has 0 aliphatic rings. The van der Waals surface area contributed by atoms with E-state index in [0.29, 0.717) is 18.1 Å². The minimum Gasteiger partial charge on any atom is -0.326 e. The van der Waals surface area contributed by atoms with Gasteiger partial charge in [0.25, 0.3) is 0 Å². The second-order valence-corrected chi connectivity index (χ2v) is 8.77. The molecule has 0 unspecified atom stereocenters. The molecule has 0 heterocycles. The highest BCUT2D eigenvalue weighted by Crippen LogP contribution is 2.94. The molecule has 0 saturated heterocycles. The van der Waals surface area contributed by atoms with Crippen molar-refractivity contribution >= 4 is 9.45 Å². The SMILES string of the molecule is CS(C)(F)(F)(F)c1cccc(CN)c1. The van der Waals surface area contributed by atoms with Gasteiger partial charge < -0.3 is 5.73 Å². The zero-order valence-corrected chi connectivity index (χ0v) is 8.95. The molecule has 0 aliphatic heterocycles. The lowest BCUT2D eigenvalue weighted by molar-refractivity contribution is 0.564. The third-order valence-corrected chi connectivity index (χ3v) is 3.60. The van der Waals surface area contributed by atoms with Crippen molar-refractivity contribution in [3.05, 3.63) is 29.8 Å². The molecule has 0 atom stereocenters. The highest BCUT2D eigenvalue weighted by Gasteiger charge is 2.53. The number of hydrogen-bond donors (Lipinski definition) is 1. The van der Waals surface area contributed by atoms with Crippen LogP contribution in [-0.2, 0) is 6.54 Å². The molecular weight excluding hydrogens is 211 g/mol. The summed E-state index contributed by atoms with van der Waals surface area (Å²) < 4.78 is 40.7. The predicted molar refractivity (Wildman–Crippen MR) is 55.4 cm³/mol. The van der Waals surface area contributed by atoms with E-state index < -0.39 is 14.3 Å². The van der Waals surface area contributed by atoms with E-state index in [0.717, 1.165) is 12.1 Å². The van der Waals surface area contributed by atoms with Crippen molar-refractivity contribution in [1.29, 1.82) is 0 Å². The van der Waals surface area contributed by atoms with Gasteiger partial charge in [-0.25, -0.2) is 0 Å². The fourth-order valence-electron chi connectivity index (χ4n) is 1.07. The van der Waals surface area contributed by atoms with E-state index in [2.05, 4.69) is 0 Å². The van der Waals surface area contributed by atoms with E-state index in [4.69, 9.17) is 5.73 Å². The van der Waals surface area contributed by atoms with Crippen LogP contribution in [0.5, 0.6) is 0 Å². The Bertz CT molecular complexity index is 355. The monoisotopic (exact) mass is 225 g/mol. The van der Waals surface area contributed by atoms with Gasteiger partial charge in [-0.1, -0.05) is 12.1 Å². The highest BCUT2D eigenvalue weighted by atomic mass is 32.4. The maximum Gasteiger partial charge on any atom is 0.0701 e. The molecule has 0 amide bonds. The van der Waals surface area contributed by atoms with E-state index >= 15 is 0 Å². The van der Waals surface area contributed by atoms with E-state index in [9.17, 15) is 11.7 Å². The molecule has 82 valence electrons. The van der Waals surface area contributed by atoms with Gasteiger partial charge in [0.05, 0.1) is 14.3 Å². The minimum atomic E-state index is -6.54. The molecule has 5 heteroatoms. The van der Waals surface area contributed by atoms with Gasteiger partial charge in [-0.3, -0.25) is 0 Å². The first-order valence-electron chi connectivity index (χ1n) is 4.07. The number of halogens is 3. The van der Waals surface area contributed by atoms with Gasteiger partial charge in [-0.15, -0.1) is 11.7 Å². The molecule has 0 radical (unpaired) electrons. The summed E-state index contributed by atoms with van der Waals surface area (Å²) in [5.41, 5.74) is 5.80. The molecule has 1 aromatic carbocycles. The fourth-order valence-corrected chi connectivity index (χ4v) is 2.10. The Kier molecular flexibility index (Phi) is 2.00. The van der Waals surface area contributed by atoms with Gasteiger partial charge in [0, 0.05) is 19.1 Å². The van der Waals surface area contributed by atoms with Crippen molar-refractivity contribution in [3.8, 4) is 0 Å². The summed E-state index contributed by atoms with van der Waals surface area (Å²) in [6.07, 6.45) is 0.741. The van der Waals surface area contributed by atoms with Crippen LogP contribution in [0.2, 0.25) is 0 Å². The summed E-state index contributed by atoms with van der Waals surface area (Å²) in [7, 11) is -6.54. The van der Waals surface area contributed by atoms with Gasteiger partial charge in [0.1, 0.15) is 0 Å². The Morgan fingerprint density at radius 1 is 1.21 bits per heavy atom. The zero-order valence-electron chi connectivity index (χ0n) is 8.14. The van der Waals surface area contributed by atoms with E-state index in [-0.39, 0.29) is 6.54 Å². The molecule has 1 nitrogen and oxygen atoms in total. The second-order valence-electron chi connectivity index (χ2n) is 4.00. The Hall–Kier alpha value is -0.680. The molecular formula is C9H14F3NS. The van der Waals surface area contributed by atoms with Gasteiger partial charge in [-0.05, 0) is 17.7 Å². The van der Waals surface area contributed by atoms with Crippen LogP contribution >= 0.6 is 9.45 Å². The average molecular weight is 225 g/mol. The highest BCUT2D eigenvalue weighted by molar-refractivity contribution is 8.52. The molecule has 14 heavy (non-hydrogen) atoms. The van der Waals surface area contributed by atoms with Crippen molar-refractivity contribution in [2.45, 2.75) is 11.4 Å². The Balaban J connectivity index is 3.35. The molecule has 0 bridgehead atoms. The third kappa shape index (κ3) is 2.65. The number of hydrogen-bond acceptors (Lipinski definition) is 1. The number of benzene rings is 1. The largest absolute Gasteiger partial charge is 0.326 e. The smallest absolute Gasteiger partial charge is 0.0701 e.